The molecule has 0 aliphatic heterocycles. The van der Waals surface area contributed by atoms with Crippen molar-refractivity contribution < 1.29 is 0 Å². The van der Waals surface area contributed by atoms with Crippen molar-refractivity contribution in [2.75, 3.05) is 5.73 Å². The van der Waals surface area contributed by atoms with Crippen LogP contribution in [0.25, 0.3) is 22.4 Å². The second kappa shape index (κ2) is 4.12. The summed E-state index contributed by atoms with van der Waals surface area (Å²) in [6.45, 7) is 0. The number of nitrogens with one attached hydrogen (secondary N) is 1. The highest BCUT2D eigenvalue weighted by atomic mass is 35.5. The van der Waals surface area contributed by atoms with Gasteiger partial charge in [-0.05, 0) is 18.2 Å². The molecule has 3 rings (SSSR count). The van der Waals surface area contributed by atoms with Crippen LogP contribution in [-0.2, 0) is 0 Å². The number of hydrogen-bond acceptors (Lipinski definition) is 4. The van der Waals surface area contributed by atoms with Gasteiger partial charge in [0, 0.05) is 10.6 Å². The Kier molecular flexibility index (Phi) is 2.57. The van der Waals surface area contributed by atoms with Crippen LogP contribution in [0.4, 0.5) is 5.95 Å². The van der Waals surface area contributed by atoms with Gasteiger partial charge in [0.05, 0.1) is 11.3 Å². The van der Waals surface area contributed by atoms with Gasteiger partial charge >= 0.3 is 0 Å². The lowest BCUT2D eigenvalue weighted by Gasteiger charge is -2.06. The molecule has 0 amide bonds. The molecule has 0 fully saturated rings. The quantitative estimate of drug-likeness (QED) is 0.718. The molecule has 0 unspecified atom stereocenters. The van der Waals surface area contributed by atoms with Crippen molar-refractivity contribution in [3.05, 3.63) is 34.6 Å². The van der Waals surface area contributed by atoms with Crippen molar-refractivity contribution >= 4 is 40.3 Å². The molecule has 0 aliphatic carbocycles. The molecule has 90 valence electrons. The van der Waals surface area contributed by atoms with Crippen molar-refractivity contribution in [1.82, 2.24) is 19.9 Å². The second-order valence-corrected chi connectivity index (χ2v) is 4.50. The molecule has 3 N–H and O–H groups in total. The maximum Gasteiger partial charge on any atom is 0.222 e. The van der Waals surface area contributed by atoms with Crippen molar-refractivity contribution in [1.29, 1.82) is 0 Å². The first-order valence-corrected chi connectivity index (χ1v) is 5.83. The van der Waals surface area contributed by atoms with E-state index < -0.39 is 0 Å². The van der Waals surface area contributed by atoms with Gasteiger partial charge in [-0.1, -0.05) is 23.2 Å². The summed E-state index contributed by atoms with van der Waals surface area (Å²) in [7, 11) is 0. The van der Waals surface area contributed by atoms with Crippen LogP contribution < -0.4 is 5.73 Å². The Labute approximate surface area is 112 Å². The zero-order chi connectivity index (χ0) is 12.7. The third kappa shape index (κ3) is 1.77. The number of aromatic nitrogens is 4. The number of nitrogens with two attached hydrogens (primary N) is 1. The predicted octanol–water partition coefficient (Wildman–Crippen LogP) is 2.91. The normalized spacial score (nSPS) is 11.0. The average Bonchev–Trinajstić information content (AvgIpc) is 2.79. The van der Waals surface area contributed by atoms with Crippen LogP contribution in [0, 0.1) is 0 Å². The molecule has 0 atom stereocenters. The number of halogens is 2. The fourth-order valence-corrected chi connectivity index (χ4v) is 2.10. The Hall–Kier alpha value is -1.85. The maximum absolute atomic E-state index is 6.16. The summed E-state index contributed by atoms with van der Waals surface area (Å²) in [5.74, 6) is 0.139. The van der Waals surface area contributed by atoms with Gasteiger partial charge < -0.3 is 10.7 Å². The summed E-state index contributed by atoms with van der Waals surface area (Å²) in [6, 6.07) is 5.15. The maximum atomic E-state index is 6.16. The molecule has 1 aromatic carbocycles. The summed E-state index contributed by atoms with van der Waals surface area (Å²) < 4.78 is 0. The smallest absolute Gasteiger partial charge is 0.222 e. The number of anilines is 1. The Morgan fingerprint density at radius 2 is 2.00 bits per heavy atom. The zero-order valence-corrected chi connectivity index (χ0v) is 10.5. The number of nitrogens with zero attached hydrogens (tertiary/aromatic N) is 3. The van der Waals surface area contributed by atoms with Gasteiger partial charge in [-0.3, -0.25) is 0 Å². The van der Waals surface area contributed by atoms with E-state index in [0.29, 0.717) is 32.5 Å². The van der Waals surface area contributed by atoms with Crippen LogP contribution >= 0.6 is 23.2 Å². The predicted molar refractivity (Wildman–Crippen MR) is 71.6 cm³/mol. The molecule has 2 heterocycles. The van der Waals surface area contributed by atoms with Crippen molar-refractivity contribution in [2.45, 2.75) is 0 Å². The number of aromatic amines is 1. The minimum atomic E-state index is 0.139. The summed E-state index contributed by atoms with van der Waals surface area (Å²) in [5.41, 5.74) is 8.10. The van der Waals surface area contributed by atoms with Gasteiger partial charge in [-0.15, -0.1) is 0 Å². The number of fused-ring (bicyclic) bond motifs is 1. The lowest BCUT2D eigenvalue weighted by molar-refractivity contribution is 1.22. The van der Waals surface area contributed by atoms with E-state index in [1.54, 1.807) is 18.2 Å². The molecular weight excluding hydrogens is 273 g/mol. The van der Waals surface area contributed by atoms with Crippen molar-refractivity contribution in [3.8, 4) is 11.3 Å². The molecular formula is C11H7Cl2N5. The highest BCUT2D eigenvalue weighted by Gasteiger charge is 2.13. The van der Waals surface area contributed by atoms with E-state index in [1.807, 2.05) is 0 Å². The van der Waals surface area contributed by atoms with Gasteiger partial charge in [-0.2, -0.15) is 4.98 Å². The van der Waals surface area contributed by atoms with Gasteiger partial charge in [0.1, 0.15) is 11.2 Å². The van der Waals surface area contributed by atoms with E-state index in [0.717, 1.165) is 0 Å². The first kappa shape index (κ1) is 11.3. The first-order chi connectivity index (χ1) is 8.65. The Morgan fingerprint density at radius 1 is 1.17 bits per heavy atom. The van der Waals surface area contributed by atoms with E-state index in [4.69, 9.17) is 28.9 Å². The first-order valence-electron chi connectivity index (χ1n) is 5.07. The highest BCUT2D eigenvalue weighted by Crippen LogP contribution is 2.32. The molecule has 0 saturated carbocycles. The molecule has 0 spiro atoms. The van der Waals surface area contributed by atoms with E-state index in [1.165, 1.54) is 6.33 Å². The summed E-state index contributed by atoms with van der Waals surface area (Å²) in [4.78, 5) is 15.2. The third-order valence-electron chi connectivity index (χ3n) is 2.49. The van der Waals surface area contributed by atoms with Crippen LogP contribution in [0.15, 0.2) is 24.5 Å². The Balaban J connectivity index is 2.37. The molecule has 3 aromatic rings. The third-order valence-corrected chi connectivity index (χ3v) is 3.05. The average molecular weight is 280 g/mol. The van der Waals surface area contributed by atoms with Crippen LogP contribution in [-0.4, -0.2) is 19.9 Å². The number of hydrogen-bond donors (Lipinski definition) is 2. The van der Waals surface area contributed by atoms with E-state index in [2.05, 4.69) is 19.9 Å². The number of nitrogen functional groups attached to an aromatic ring is 1. The van der Waals surface area contributed by atoms with Crippen LogP contribution in [0.5, 0.6) is 0 Å². The molecule has 0 aliphatic rings. The minimum absolute atomic E-state index is 0.139. The molecule has 18 heavy (non-hydrogen) atoms. The van der Waals surface area contributed by atoms with E-state index in [9.17, 15) is 0 Å². The van der Waals surface area contributed by atoms with Gasteiger partial charge in [0.25, 0.3) is 0 Å². The molecule has 5 nitrogen and oxygen atoms in total. The van der Waals surface area contributed by atoms with Crippen LogP contribution in [0.1, 0.15) is 0 Å². The standard InChI is InChI=1S/C11H7Cl2N5/c12-5-1-2-7(13)6(3-5)8-9-10(16-4-15-9)18-11(14)17-8/h1-4H,(H3,14,15,16,17,18). The zero-order valence-electron chi connectivity index (χ0n) is 8.98. The minimum Gasteiger partial charge on any atom is -0.368 e. The summed E-state index contributed by atoms with van der Waals surface area (Å²) in [5, 5.41) is 1.10. The van der Waals surface area contributed by atoms with E-state index in [-0.39, 0.29) is 5.95 Å². The van der Waals surface area contributed by atoms with Gasteiger partial charge in [0.2, 0.25) is 5.95 Å². The monoisotopic (exact) mass is 279 g/mol. The summed E-state index contributed by atoms with van der Waals surface area (Å²) >= 11 is 12.1. The molecule has 0 saturated heterocycles. The lowest BCUT2D eigenvalue weighted by atomic mass is 10.1. The Bertz CT molecular complexity index is 737. The number of H-pyrrole nitrogens is 1. The second-order valence-electron chi connectivity index (χ2n) is 3.66. The molecule has 7 heteroatoms. The number of imidazole rings is 1. The van der Waals surface area contributed by atoms with Crippen molar-refractivity contribution in [2.24, 2.45) is 0 Å². The highest BCUT2D eigenvalue weighted by molar-refractivity contribution is 6.35. The fraction of sp³-hybridized carbons (Fsp3) is 0. The van der Waals surface area contributed by atoms with Crippen molar-refractivity contribution in [3.63, 3.8) is 0 Å². The van der Waals surface area contributed by atoms with Gasteiger partial charge in [0.15, 0.2) is 5.65 Å². The topological polar surface area (TPSA) is 80.5 Å². The lowest BCUT2D eigenvalue weighted by Crippen LogP contribution is -1.98. The van der Waals surface area contributed by atoms with Crippen LogP contribution in [0.2, 0.25) is 10.0 Å². The summed E-state index contributed by atoms with van der Waals surface area (Å²) in [6.07, 6.45) is 1.53. The van der Waals surface area contributed by atoms with Gasteiger partial charge in [-0.25, -0.2) is 9.97 Å². The molecule has 0 bridgehead atoms. The Morgan fingerprint density at radius 3 is 2.83 bits per heavy atom. The number of benzene rings is 1. The SMILES string of the molecule is Nc1nc(-c2cc(Cl)ccc2Cl)c2[nH]cnc2n1. The largest absolute Gasteiger partial charge is 0.368 e. The fourth-order valence-electron chi connectivity index (χ4n) is 1.72. The molecule has 2 aromatic heterocycles. The number of rotatable bonds is 1. The van der Waals surface area contributed by atoms with E-state index >= 15 is 0 Å². The van der Waals surface area contributed by atoms with Crippen LogP contribution in [0.3, 0.4) is 0 Å². The molecule has 0 radical (unpaired) electrons.